The number of rotatable bonds is 0. The molecule has 0 aliphatic rings. The van der Waals surface area contributed by atoms with Crippen LogP contribution in [-0.2, 0) is 43.7 Å². The predicted molar refractivity (Wildman–Crippen MR) is 0.686 cm³/mol. The van der Waals surface area contributed by atoms with Gasteiger partial charge in [-0.25, -0.2) is 0 Å². The van der Waals surface area contributed by atoms with Crippen molar-refractivity contribution in [2.45, 2.75) is 0 Å². The molecule has 0 aromatic rings. The third-order valence-corrected chi connectivity index (χ3v) is 0. The van der Waals surface area contributed by atoms with E-state index in [0.29, 0.717) is 0 Å². The summed E-state index contributed by atoms with van der Waals surface area (Å²) in [5.74, 6) is 0. The Kier molecular flexibility index (Phi) is 228. The van der Waals surface area contributed by atoms with Crippen molar-refractivity contribution in [3.05, 3.63) is 0 Å². The monoisotopic (exact) mass is 129 g/mol. The van der Waals surface area contributed by atoms with Crippen molar-refractivity contribution < 1.29 is 62.5 Å². The first-order valence-electron chi connectivity index (χ1n) is 0. The predicted octanol–water partition coefficient (Wildman–Crippen LogP) is -3.12. The van der Waals surface area contributed by atoms with E-state index in [1.807, 2.05) is 0 Å². The van der Waals surface area contributed by atoms with Gasteiger partial charge in [0.25, 0.3) is 0 Å². The van der Waals surface area contributed by atoms with E-state index in [2.05, 4.69) is 0 Å². The molecule has 0 aliphatic heterocycles. The van der Waals surface area contributed by atoms with Gasteiger partial charge in [0, 0.05) is 0 Å². The van der Waals surface area contributed by atoms with Crippen LogP contribution in [0.15, 0.2) is 0 Å². The van der Waals surface area contributed by atoms with E-state index in [1.54, 1.807) is 0 Å². The standard InChI is InChI=1S/Li.Ni.O.Ti/q+1;+2;-2;+4. The molecule has 0 rings (SSSR count). The molecule has 0 N–H and O–H groups in total. The average molecular weight is 130 g/mol. The van der Waals surface area contributed by atoms with Crippen molar-refractivity contribution in [2.24, 2.45) is 0 Å². The molecule has 16 valence electrons. The molecule has 4 heteroatoms. The molecule has 0 heterocycles. The molecule has 0 aliphatic carbocycles. The molecule has 0 saturated carbocycles. The summed E-state index contributed by atoms with van der Waals surface area (Å²) in [5, 5.41) is 0. The van der Waals surface area contributed by atoms with Crippen molar-refractivity contribution >= 4 is 0 Å². The fraction of sp³-hybridized carbons (Fsp3) is 0. The molecule has 0 bridgehead atoms. The van der Waals surface area contributed by atoms with Crippen LogP contribution >= 0.6 is 0 Å². The van der Waals surface area contributed by atoms with Crippen LogP contribution in [0.5, 0.6) is 0 Å². The third-order valence-electron chi connectivity index (χ3n) is 0. The SMILES string of the molecule is [Li+].[Ni+2].[O-2].[Ti+4]. The van der Waals surface area contributed by atoms with Crippen molar-refractivity contribution in [3.8, 4) is 0 Å². The molecule has 0 aromatic heterocycles. The molecule has 4 heavy (non-hydrogen) atoms. The van der Waals surface area contributed by atoms with Crippen molar-refractivity contribution in [1.29, 1.82) is 0 Å². The minimum Gasteiger partial charge on any atom is -2.00 e. The fourth-order valence-electron chi connectivity index (χ4n) is 0. The van der Waals surface area contributed by atoms with Gasteiger partial charge in [0.15, 0.2) is 0 Å². The summed E-state index contributed by atoms with van der Waals surface area (Å²) in [7, 11) is 0. The Morgan fingerprint density at radius 1 is 1.00 bits per heavy atom. The van der Waals surface area contributed by atoms with Gasteiger partial charge in [-0.3, -0.25) is 0 Å². The van der Waals surface area contributed by atoms with Gasteiger partial charge < -0.3 is 5.48 Å². The Hall–Kier alpha value is 1.77. The summed E-state index contributed by atoms with van der Waals surface area (Å²) in [4.78, 5) is 0. The molecule has 0 saturated heterocycles. The van der Waals surface area contributed by atoms with Gasteiger partial charge >= 0.3 is 57.1 Å². The van der Waals surface area contributed by atoms with Gasteiger partial charge in [0.1, 0.15) is 0 Å². The summed E-state index contributed by atoms with van der Waals surface area (Å²) < 4.78 is 0. The second-order valence-corrected chi connectivity index (χ2v) is 0. The fourth-order valence-corrected chi connectivity index (χ4v) is 0. The van der Waals surface area contributed by atoms with Crippen LogP contribution in [0.25, 0.3) is 0 Å². The van der Waals surface area contributed by atoms with Crippen molar-refractivity contribution in [1.82, 2.24) is 0 Å². The number of hydrogen-bond acceptors (Lipinski definition) is 0. The van der Waals surface area contributed by atoms with Gasteiger partial charge in [-0.05, 0) is 0 Å². The summed E-state index contributed by atoms with van der Waals surface area (Å²) in [5.41, 5.74) is 0. The van der Waals surface area contributed by atoms with Crippen molar-refractivity contribution in [3.63, 3.8) is 0 Å². The van der Waals surface area contributed by atoms with E-state index in [9.17, 15) is 0 Å². The first-order valence-corrected chi connectivity index (χ1v) is 0. The van der Waals surface area contributed by atoms with Crippen molar-refractivity contribution in [2.75, 3.05) is 0 Å². The van der Waals surface area contributed by atoms with E-state index in [4.69, 9.17) is 0 Å². The van der Waals surface area contributed by atoms with E-state index in [1.165, 1.54) is 0 Å². The summed E-state index contributed by atoms with van der Waals surface area (Å²) in [6, 6.07) is 0. The zero-order valence-corrected chi connectivity index (χ0v) is 4.77. The molecular formula is LiNiOTi+5. The van der Waals surface area contributed by atoms with E-state index >= 15 is 0 Å². The minimum atomic E-state index is 0. The van der Waals surface area contributed by atoms with Crippen LogP contribution in [-0.4, -0.2) is 0 Å². The average Bonchev–Trinajstić information content (AvgIpc) is 0. The van der Waals surface area contributed by atoms with Gasteiger partial charge in [-0.1, -0.05) is 0 Å². The molecule has 1 nitrogen and oxygen atoms in total. The number of hydrogen-bond donors (Lipinski definition) is 0. The Bertz CT molecular complexity index is 8.00. The Morgan fingerprint density at radius 3 is 1.00 bits per heavy atom. The maximum atomic E-state index is 0. The molecule has 0 atom stereocenters. The van der Waals surface area contributed by atoms with E-state index in [-0.39, 0.29) is 62.5 Å². The second kappa shape index (κ2) is 21.7. The zero-order chi connectivity index (χ0) is 0. The van der Waals surface area contributed by atoms with Crippen LogP contribution in [0, 0.1) is 0 Å². The summed E-state index contributed by atoms with van der Waals surface area (Å²) >= 11 is 0. The summed E-state index contributed by atoms with van der Waals surface area (Å²) in [6.45, 7) is 0. The Labute approximate surface area is 62.2 Å². The van der Waals surface area contributed by atoms with Crippen LogP contribution < -0.4 is 18.9 Å². The zero-order valence-electron chi connectivity index (χ0n) is 2.22. The topological polar surface area (TPSA) is 28.5 Å². The molecule has 0 fully saturated rings. The maximum absolute atomic E-state index is 0. The molecule has 0 amide bonds. The van der Waals surface area contributed by atoms with Gasteiger partial charge in [0.2, 0.25) is 0 Å². The summed E-state index contributed by atoms with van der Waals surface area (Å²) in [6.07, 6.45) is 0. The second-order valence-electron chi connectivity index (χ2n) is 0. The minimum absolute atomic E-state index is 0. The van der Waals surface area contributed by atoms with Gasteiger partial charge in [-0.2, -0.15) is 0 Å². The molecule has 0 aromatic carbocycles. The maximum Gasteiger partial charge on any atom is 4.00 e. The van der Waals surface area contributed by atoms with Gasteiger partial charge in [-0.15, -0.1) is 0 Å². The first-order chi connectivity index (χ1) is 0. The van der Waals surface area contributed by atoms with Crippen LogP contribution in [0.4, 0.5) is 0 Å². The molecule has 0 spiro atoms. The molecular weight excluding hydrogens is 130 g/mol. The van der Waals surface area contributed by atoms with E-state index in [0.717, 1.165) is 0 Å². The smallest absolute Gasteiger partial charge is 2.00 e. The first kappa shape index (κ1) is 42.0. The molecule has 0 unspecified atom stereocenters. The van der Waals surface area contributed by atoms with Gasteiger partial charge in [0.05, 0.1) is 0 Å². The molecule has 0 radical (unpaired) electrons. The van der Waals surface area contributed by atoms with Crippen LogP contribution in [0.1, 0.15) is 0 Å². The largest absolute Gasteiger partial charge is 4.00 e. The van der Waals surface area contributed by atoms with E-state index < -0.39 is 0 Å². The quantitative estimate of drug-likeness (QED) is 0.310. The normalized spacial score (nSPS) is 0. The Morgan fingerprint density at radius 2 is 1.00 bits per heavy atom. The third kappa shape index (κ3) is 9.24. The van der Waals surface area contributed by atoms with Crippen LogP contribution in [0.2, 0.25) is 0 Å². The van der Waals surface area contributed by atoms with Crippen LogP contribution in [0.3, 0.4) is 0 Å². The Balaban J connectivity index is 0.